The molecule has 0 aliphatic rings. The van der Waals surface area contributed by atoms with Crippen molar-refractivity contribution in [2.45, 2.75) is 33.4 Å². The average Bonchev–Trinajstić information content (AvgIpc) is 2.84. The largest absolute Gasteiger partial charge is 0.360 e. The fourth-order valence-electron chi connectivity index (χ4n) is 1.54. The van der Waals surface area contributed by atoms with E-state index in [1.54, 1.807) is 0 Å². The number of aromatic nitrogens is 1. The molecule has 2 aromatic rings. The van der Waals surface area contributed by atoms with E-state index in [1.807, 2.05) is 24.3 Å². The Morgan fingerprint density at radius 2 is 2.25 bits per heavy atom. The highest BCUT2D eigenvalue weighted by Gasteiger charge is 2.08. The zero-order chi connectivity index (χ0) is 11.5. The Morgan fingerprint density at radius 1 is 1.44 bits per heavy atom. The molecule has 2 heterocycles. The lowest BCUT2D eigenvalue weighted by molar-refractivity contribution is 0.363. The van der Waals surface area contributed by atoms with Crippen molar-refractivity contribution in [3.05, 3.63) is 39.4 Å². The Hall–Kier alpha value is -1.13. The monoisotopic (exact) mass is 236 g/mol. The van der Waals surface area contributed by atoms with Crippen molar-refractivity contribution in [1.29, 1.82) is 0 Å². The predicted molar refractivity (Wildman–Crippen MR) is 65.6 cm³/mol. The maximum absolute atomic E-state index is 5.15. The lowest BCUT2D eigenvalue weighted by Crippen LogP contribution is -2.16. The van der Waals surface area contributed by atoms with Crippen LogP contribution in [-0.2, 0) is 6.54 Å². The van der Waals surface area contributed by atoms with Crippen LogP contribution < -0.4 is 5.32 Å². The summed E-state index contributed by atoms with van der Waals surface area (Å²) in [5, 5.41) is 7.28. The number of rotatable bonds is 4. The first-order valence-electron chi connectivity index (χ1n) is 5.37. The Labute approximate surface area is 99.5 Å². The molecule has 86 valence electrons. The fraction of sp³-hybridized carbons (Fsp3) is 0.417. The first-order valence-corrected chi connectivity index (χ1v) is 6.18. The molecule has 1 atom stereocenters. The molecule has 0 saturated heterocycles. The summed E-state index contributed by atoms with van der Waals surface area (Å²) < 4.78 is 5.15. The first kappa shape index (κ1) is 11.4. The highest BCUT2D eigenvalue weighted by atomic mass is 32.1. The van der Waals surface area contributed by atoms with E-state index in [0.717, 1.165) is 18.0 Å². The SMILES string of the molecule is Cc1cc(CNC(C)c2ccc(C)s2)on1. The highest BCUT2D eigenvalue weighted by molar-refractivity contribution is 7.12. The molecular formula is C12H16N2OS. The minimum atomic E-state index is 0.351. The average molecular weight is 236 g/mol. The molecule has 1 unspecified atom stereocenters. The van der Waals surface area contributed by atoms with Gasteiger partial charge in [-0.3, -0.25) is 0 Å². The second-order valence-electron chi connectivity index (χ2n) is 3.99. The maximum atomic E-state index is 5.15. The van der Waals surface area contributed by atoms with Crippen LogP contribution in [0.3, 0.4) is 0 Å². The van der Waals surface area contributed by atoms with Crippen LogP contribution in [0.1, 0.15) is 34.2 Å². The van der Waals surface area contributed by atoms with Crippen molar-refractivity contribution in [1.82, 2.24) is 10.5 Å². The van der Waals surface area contributed by atoms with Crippen LogP contribution in [0.15, 0.2) is 22.7 Å². The summed E-state index contributed by atoms with van der Waals surface area (Å²) >= 11 is 1.83. The van der Waals surface area contributed by atoms with E-state index in [0.29, 0.717) is 6.04 Å². The highest BCUT2D eigenvalue weighted by Crippen LogP contribution is 2.22. The van der Waals surface area contributed by atoms with E-state index in [-0.39, 0.29) is 0 Å². The molecular weight excluding hydrogens is 220 g/mol. The van der Waals surface area contributed by atoms with E-state index >= 15 is 0 Å². The molecule has 0 fully saturated rings. The fourth-order valence-corrected chi connectivity index (χ4v) is 2.44. The van der Waals surface area contributed by atoms with Crippen LogP contribution in [0.4, 0.5) is 0 Å². The third-order valence-corrected chi connectivity index (χ3v) is 3.63. The summed E-state index contributed by atoms with van der Waals surface area (Å²) in [5.74, 6) is 0.887. The van der Waals surface area contributed by atoms with E-state index in [4.69, 9.17) is 4.52 Å². The molecule has 4 heteroatoms. The van der Waals surface area contributed by atoms with Gasteiger partial charge in [0.25, 0.3) is 0 Å². The predicted octanol–water partition coefficient (Wildman–Crippen LogP) is 3.20. The van der Waals surface area contributed by atoms with Gasteiger partial charge in [-0.15, -0.1) is 11.3 Å². The standard InChI is InChI=1S/C12H16N2OS/c1-8-6-11(15-14-8)7-13-10(3)12-5-4-9(2)16-12/h4-6,10,13H,7H2,1-3H3. The van der Waals surface area contributed by atoms with Crippen molar-refractivity contribution >= 4 is 11.3 Å². The number of thiophene rings is 1. The third kappa shape index (κ3) is 2.71. The van der Waals surface area contributed by atoms with E-state index < -0.39 is 0 Å². The molecule has 2 rings (SSSR count). The molecule has 16 heavy (non-hydrogen) atoms. The molecule has 0 spiro atoms. The molecule has 0 amide bonds. The van der Waals surface area contributed by atoms with Crippen molar-refractivity contribution in [3.8, 4) is 0 Å². The topological polar surface area (TPSA) is 38.1 Å². The number of nitrogens with one attached hydrogen (secondary N) is 1. The van der Waals surface area contributed by atoms with Crippen molar-refractivity contribution in [2.24, 2.45) is 0 Å². The van der Waals surface area contributed by atoms with Crippen molar-refractivity contribution < 1.29 is 4.52 Å². The molecule has 0 bridgehead atoms. The van der Waals surface area contributed by atoms with Gasteiger partial charge in [-0.25, -0.2) is 0 Å². The third-order valence-electron chi connectivity index (χ3n) is 2.45. The van der Waals surface area contributed by atoms with Crippen LogP contribution >= 0.6 is 11.3 Å². The van der Waals surface area contributed by atoms with Gasteiger partial charge < -0.3 is 9.84 Å². The Balaban J connectivity index is 1.91. The van der Waals surface area contributed by atoms with Gasteiger partial charge in [0.15, 0.2) is 5.76 Å². The van der Waals surface area contributed by atoms with Gasteiger partial charge in [-0.1, -0.05) is 5.16 Å². The molecule has 0 saturated carbocycles. The molecule has 0 aliphatic carbocycles. The van der Waals surface area contributed by atoms with E-state index in [2.05, 4.69) is 36.5 Å². The maximum Gasteiger partial charge on any atom is 0.150 e. The summed E-state index contributed by atoms with van der Waals surface area (Å²) in [5.41, 5.74) is 0.927. The smallest absolute Gasteiger partial charge is 0.150 e. The van der Waals surface area contributed by atoms with Crippen molar-refractivity contribution in [2.75, 3.05) is 0 Å². The zero-order valence-electron chi connectivity index (χ0n) is 9.78. The molecule has 1 N–H and O–H groups in total. The quantitative estimate of drug-likeness (QED) is 0.885. The van der Waals surface area contributed by atoms with E-state index in [1.165, 1.54) is 9.75 Å². The zero-order valence-corrected chi connectivity index (χ0v) is 10.6. The van der Waals surface area contributed by atoms with Crippen molar-refractivity contribution in [3.63, 3.8) is 0 Å². The lowest BCUT2D eigenvalue weighted by Gasteiger charge is -2.09. The van der Waals surface area contributed by atoms with Crippen LogP contribution in [0.2, 0.25) is 0 Å². The summed E-state index contributed by atoms with van der Waals surface area (Å²) in [6.07, 6.45) is 0. The van der Waals surface area contributed by atoms with Crippen LogP contribution in [0.25, 0.3) is 0 Å². The minimum absolute atomic E-state index is 0.351. The first-order chi connectivity index (χ1) is 7.65. The Bertz CT molecular complexity index is 461. The normalized spacial score (nSPS) is 12.9. The molecule has 2 aromatic heterocycles. The van der Waals surface area contributed by atoms with Gasteiger partial charge in [0.2, 0.25) is 0 Å². The molecule has 0 aliphatic heterocycles. The van der Waals surface area contributed by atoms with Crippen LogP contribution in [0, 0.1) is 13.8 Å². The van der Waals surface area contributed by atoms with Crippen LogP contribution in [0.5, 0.6) is 0 Å². The van der Waals surface area contributed by atoms with Gasteiger partial charge >= 0.3 is 0 Å². The molecule has 0 aromatic carbocycles. The number of aryl methyl sites for hydroxylation is 2. The Morgan fingerprint density at radius 3 is 2.81 bits per heavy atom. The lowest BCUT2D eigenvalue weighted by atomic mass is 10.2. The van der Waals surface area contributed by atoms with Gasteiger partial charge in [0.05, 0.1) is 12.2 Å². The van der Waals surface area contributed by atoms with E-state index in [9.17, 15) is 0 Å². The summed E-state index contributed by atoms with van der Waals surface area (Å²) in [6.45, 7) is 6.94. The van der Waals surface area contributed by atoms with Crippen LogP contribution in [-0.4, -0.2) is 5.16 Å². The number of hydrogen-bond acceptors (Lipinski definition) is 4. The minimum Gasteiger partial charge on any atom is -0.360 e. The Kier molecular flexibility index (Phi) is 3.41. The number of nitrogens with zero attached hydrogens (tertiary/aromatic N) is 1. The second-order valence-corrected chi connectivity index (χ2v) is 5.31. The van der Waals surface area contributed by atoms with Gasteiger partial charge in [-0.05, 0) is 32.9 Å². The second kappa shape index (κ2) is 4.80. The number of hydrogen-bond donors (Lipinski definition) is 1. The summed E-state index contributed by atoms with van der Waals surface area (Å²) in [7, 11) is 0. The van der Waals surface area contributed by atoms with Gasteiger partial charge in [0, 0.05) is 21.9 Å². The summed E-state index contributed by atoms with van der Waals surface area (Å²) in [4.78, 5) is 2.70. The van der Waals surface area contributed by atoms with Gasteiger partial charge in [-0.2, -0.15) is 0 Å². The van der Waals surface area contributed by atoms with Gasteiger partial charge in [0.1, 0.15) is 0 Å². The molecule has 3 nitrogen and oxygen atoms in total. The summed E-state index contributed by atoms with van der Waals surface area (Å²) in [6, 6.07) is 6.63. The molecule has 0 radical (unpaired) electrons.